The van der Waals surface area contributed by atoms with E-state index in [1.54, 1.807) is 13.3 Å². The zero-order chi connectivity index (χ0) is 18.7. The molecule has 1 saturated heterocycles. The Labute approximate surface area is 155 Å². The number of nitrogens with zero attached hydrogens (tertiary/aromatic N) is 2. The van der Waals surface area contributed by atoms with Crippen LogP contribution in [0.3, 0.4) is 0 Å². The summed E-state index contributed by atoms with van der Waals surface area (Å²) in [6, 6.07) is 0.336. The minimum absolute atomic E-state index is 0.0150. The van der Waals surface area contributed by atoms with Crippen LogP contribution in [0.1, 0.15) is 55.3 Å². The van der Waals surface area contributed by atoms with Gasteiger partial charge in [-0.1, -0.05) is 12.8 Å². The number of hydrogen-bond donors (Lipinski definition) is 1. The fraction of sp³-hybridized carbons (Fsp3) is 0.650. The summed E-state index contributed by atoms with van der Waals surface area (Å²) in [7, 11) is 1.65. The van der Waals surface area contributed by atoms with E-state index >= 15 is 0 Å². The van der Waals surface area contributed by atoms with Crippen LogP contribution < -0.4 is 10.1 Å². The van der Waals surface area contributed by atoms with Gasteiger partial charge in [-0.05, 0) is 33.1 Å². The van der Waals surface area contributed by atoms with Gasteiger partial charge in [0.25, 0.3) is 0 Å². The maximum absolute atomic E-state index is 12.7. The van der Waals surface area contributed by atoms with E-state index in [1.807, 2.05) is 18.7 Å². The highest BCUT2D eigenvalue weighted by Gasteiger charge is 2.35. The normalized spacial score (nSPS) is 21.1. The second kappa shape index (κ2) is 8.06. The van der Waals surface area contributed by atoms with E-state index in [2.05, 4.69) is 10.3 Å². The molecular weight excluding hydrogens is 330 g/mol. The van der Waals surface area contributed by atoms with Crippen LogP contribution >= 0.6 is 0 Å². The zero-order valence-electron chi connectivity index (χ0n) is 16.0. The van der Waals surface area contributed by atoms with Crippen LogP contribution in [-0.4, -0.2) is 41.4 Å². The maximum atomic E-state index is 12.7. The molecule has 26 heavy (non-hydrogen) atoms. The summed E-state index contributed by atoms with van der Waals surface area (Å²) < 4.78 is 5.43. The van der Waals surface area contributed by atoms with E-state index in [4.69, 9.17) is 4.74 Å². The molecule has 0 spiro atoms. The number of pyridine rings is 1. The summed E-state index contributed by atoms with van der Waals surface area (Å²) >= 11 is 0. The molecule has 2 fully saturated rings. The van der Waals surface area contributed by atoms with Crippen LogP contribution in [0.25, 0.3) is 0 Å². The average Bonchev–Trinajstić information content (AvgIpc) is 3.16. The van der Waals surface area contributed by atoms with Crippen LogP contribution in [0.15, 0.2) is 6.20 Å². The number of likely N-dealkylation sites (tertiary alicyclic amines) is 1. The largest absolute Gasteiger partial charge is 0.496 e. The molecule has 3 rings (SSSR count). The van der Waals surface area contributed by atoms with Gasteiger partial charge >= 0.3 is 0 Å². The second-order valence-electron chi connectivity index (χ2n) is 7.48. The number of hydrogen-bond acceptors (Lipinski definition) is 4. The van der Waals surface area contributed by atoms with E-state index in [0.29, 0.717) is 32.0 Å². The Morgan fingerprint density at radius 2 is 2.04 bits per heavy atom. The molecule has 0 aromatic carbocycles. The first-order chi connectivity index (χ1) is 12.5. The molecule has 2 amide bonds. The van der Waals surface area contributed by atoms with Crippen molar-refractivity contribution in [3.8, 4) is 5.75 Å². The van der Waals surface area contributed by atoms with Crippen LogP contribution in [0.5, 0.6) is 5.75 Å². The Morgan fingerprint density at radius 1 is 1.31 bits per heavy atom. The van der Waals surface area contributed by atoms with Gasteiger partial charge in [0, 0.05) is 36.3 Å². The number of piperidine rings is 1. The third-order valence-corrected chi connectivity index (χ3v) is 5.76. The molecule has 0 bridgehead atoms. The lowest BCUT2D eigenvalue weighted by molar-refractivity contribution is -0.140. The third kappa shape index (κ3) is 3.84. The number of aryl methyl sites for hydroxylation is 1. The summed E-state index contributed by atoms with van der Waals surface area (Å²) in [5.41, 5.74) is 2.76. The van der Waals surface area contributed by atoms with E-state index in [0.717, 1.165) is 35.4 Å². The number of methoxy groups -OCH3 is 1. The van der Waals surface area contributed by atoms with Crippen molar-refractivity contribution in [3.05, 3.63) is 23.0 Å². The van der Waals surface area contributed by atoms with Gasteiger partial charge in [-0.3, -0.25) is 14.6 Å². The standard InChI is InChI=1S/C20H29N3O3/c1-13-10-21-17(14(2)19(13)26-3)11-22-20(25)15-8-9-18(24)23(12-15)16-6-4-5-7-16/h10,15-16H,4-9,11-12H2,1-3H3,(H,22,25)/t15-/m1/s1. The summed E-state index contributed by atoms with van der Waals surface area (Å²) in [5.74, 6) is 0.920. The average molecular weight is 359 g/mol. The highest BCUT2D eigenvalue weighted by atomic mass is 16.5. The molecule has 2 heterocycles. The number of nitrogens with one attached hydrogen (secondary N) is 1. The fourth-order valence-corrected chi connectivity index (χ4v) is 4.22. The van der Waals surface area contributed by atoms with Gasteiger partial charge in [0.1, 0.15) is 5.75 Å². The maximum Gasteiger partial charge on any atom is 0.225 e. The Balaban J connectivity index is 1.60. The van der Waals surface area contributed by atoms with Crippen LogP contribution in [0.4, 0.5) is 0 Å². The first-order valence-electron chi connectivity index (χ1n) is 9.57. The second-order valence-corrected chi connectivity index (χ2v) is 7.48. The number of carbonyl (C=O) groups is 2. The number of aromatic nitrogens is 1. The van der Waals surface area contributed by atoms with E-state index in [9.17, 15) is 9.59 Å². The van der Waals surface area contributed by atoms with Crippen LogP contribution in [0, 0.1) is 19.8 Å². The lowest BCUT2D eigenvalue weighted by Gasteiger charge is -2.36. The highest BCUT2D eigenvalue weighted by molar-refractivity contribution is 5.84. The number of rotatable bonds is 5. The van der Waals surface area contributed by atoms with Crippen molar-refractivity contribution in [2.24, 2.45) is 5.92 Å². The van der Waals surface area contributed by atoms with Gasteiger partial charge in [-0.2, -0.15) is 0 Å². The molecule has 1 aliphatic carbocycles. The predicted molar refractivity (Wildman–Crippen MR) is 98.8 cm³/mol. The fourth-order valence-electron chi connectivity index (χ4n) is 4.22. The van der Waals surface area contributed by atoms with Gasteiger partial charge in [-0.15, -0.1) is 0 Å². The summed E-state index contributed by atoms with van der Waals surface area (Å²) in [6.45, 7) is 4.85. The van der Waals surface area contributed by atoms with E-state index in [-0.39, 0.29) is 17.7 Å². The molecule has 6 heteroatoms. The first-order valence-corrected chi connectivity index (χ1v) is 9.57. The molecule has 1 aromatic heterocycles. The molecule has 0 radical (unpaired) electrons. The highest BCUT2D eigenvalue weighted by Crippen LogP contribution is 2.29. The van der Waals surface area contributed by atoms with Gasteiger partial charge in [0.05, 0.1) is 25.3 Å². The summed E-state index contributed by atoms with van der Waals surface area (Å²) in [6.07, 6.45) is 7.41. The Morgan fingerprint density at radius 3 is 2.73 bits per heavy atom. The number of amides is 2. The SMILES string of the molecule is COc1c(C)cnc(CNC(=O)[C@@H]2CCC(=O)N(C3CCCC3)C2)c1C. The van der Waals surface area contributed by atoms with Crippen molar-refractivity contribution in [2.45, 2.75) is 65.0 Å². The molecule has 142 valence electrons. The Hall–Kier alpha value is -2.11. The van der Waals surface area contributed by atoms with Gasteiger partial charge < -0.3 is 15.0 Å². The van der Waals surface area contributed by atoms with Crippen molar-refractivity contribution in [3.63, 3.8) is 0 Å². The van der Waals surface area contributed by atoms with Crippen molar-refractivity contribution in [1.29, 1.82) is 0 Å². The van der Waals surface area contributed by atoms with Crippen molar-refractivity contribution in [1.82, 2.24) is 15.2 Å². The number of carbonyl (C=O) groups excluding carboxylic acids is 2. The molecule has 6 nitrogen and oxygen atoms in total. The first kappa shape index (κ1) is 18.7. The predicted octanol–water partition coefficient (Wildman–Crippen LogP) is 2.50. The molecular formula is C20H29N3O3. The van der Waals surface area contributed by atoms with Crippen LogP contribution in [0.2, 0.25) is 0 Å². The van der Waals surface area contributed by atoms with Gasteiger partial charge in [0.2, 0.25) is 11.8 Å². The van der Waals surface area contributed by atoms with E-state index in [1.165, 1.54) is 12.8 Å². The Bertz CT molecular complexity index is 683. The molecule has 1 saturated carbocycles. The summed E-state index contributed by atoms with van der Waals surface area (Å²) in [5, 5.41) is 3.01. The van der Waals surface area contributed by atoms with Crippen molar-refractivity contribution >= 4 is 11.8 Å². The molecule has 1 atom stereocenters. The quantitative estimate of drug-likeness (QED) is 0.877. The molecule has 0 unspecified atom stereocenters. The van der Waals surface area contributed by atoms with Gasteiger partial charge in [-0.25, -0.2) is 0 Å². The molecule has 1 aromatic rings. The van der Waals surface area contributed by atoms with Crippen LogP contribution in [-0.2, 0) is 16.1 Å². The zero-order valence-corrected chi connectivity index (χ0v) is 16.0. The monoisotopic (exact) mass is 359 g/mol. The molecule has 2 aliphatic rings. The lowest BCUT2D eigenvalue weighted by atomic mass is 9.94. The molecule has 1 aliphatic heterocycles. The van der Waals surface area contributed by atoms with Crippen molar-refractivity contribution in [2.75, 3.05) is 13.7 Å². The molecule has 1 N–H and O–H groups in total. The summed E-state index contributed by atoms with van der Waals surface area (Å²) in [4.78, 5) is 31.3. The lowest BCUT2D eigenvalue weighted by Crippen LogP contribution is -2.49. The van der Waals surface area contributed by atoms with E-state index < -0.39 is 0 Å². The topological polar surface area (TPSA) is 71.5 Å². The van der Waals surface area contributed by atoms with Gasteiger partial charge in [0.15, 0.2) is 0 Å². The Kier molecular flexibility index (Phi) is 5.79. The van der Waals surface area contributed by atoms with Crippen molar-refractivity contribution < 1.29 is 14.3 Å². The third-order valence-electron chi connectivity index (χ3n) is 5.76. The number of ether oxygens (including phenoxy) is 1. The smallest absolute Gasteiger partial charge is 0.225 e. The minimum atomic E-state index is -0.124. The minimum Gasteiger partial charge on any atom is -0.496 e.